The van der Waals surface area contributed by atoms with E-state index in [0.29, 0.717) is 0 Å². The fourth-order valence-corrected chi connectivity index (χ4v) is 3.58. The van der Waals surface area contributed by atoms with E-state index in [1.807, 2.05) is 31.2 Å². The lowest BCUT2D eigenvalue weighted by molar-refractivity contribution is -0.147. The molecule has 0 amide bonds. The minimum atomic E-state index is -0.926. The first-order valence-electron chi connectivity index (χ1n) is 7.13. The minimum absolute atomic E-state index is 0.114. The molecule has 0 radical (unpaired) electrons. The normalized spacial score (nSPS) is 26.9. The number of hydrogen-bond donors (Lipinski definition) is 1. The number of carbonyl (C=O) groups is 1. The number of benzene rings is 1. The van der Waals surface area contributed by atoms with Crippen molar-refractivity contribution >= 4 is 5.97 Å². The zero-order valence-electron chi connectivity index (χ0n) is 12.3. The van der Waals surface area contributed by atoms with E-state index in [-0.39, 0.29) is 12.0 Å². The molecule has 0 aromatic heterocycles. The predicted octanol–water partition coefficient (Wildman–Crippen LogP) is 2.64. The van der Waals surface area contributed by atoms with Crippen LogP contribution in [0.3, 0.4) is 0 Å². The fraction of sp³-hybridized carbons (Fsp3) is 0.278. The number of ether oxygens (including phenoxy) is 1. The summed E-state index contributed by atoms with van der Waals surface area (Å²) in [7, 11) is 1.43. The number of nitrogens with one attached hydrogen (secondary N) is 1. The van der Waals surface area contributed by atoms with E-state index in [1.54, 1.807) is 6.08 Å². The van der Waals surface area contributed by atoms with Crippen molar-refractivity contribution in [3.8, 4) is 0 Å². The highest BCUT2D eigenvalue weighted by Crippen LogP contribution is 2.46. The third-order valence-corrected chi connectivity index (χ3v) is 4.37. The van der Waals surface area contributed by atoms with E-state index in [1.165, 1.54) is 12.7 Å². The Bertz CT molecular complexity index is 672. The average molecular weight is 281 g/mol. The molecule has 2 atom stereocenters. The van der Waals surface area contributed by atoms with Gasteiger partial charge in [-0.05, 0) is 35.6 Å². The van der Waals surface area contributed by atoms with Crippen molar-refractivity contribution in [1.29, 1.82) is 0 Å². The van der Waals surface area contributed by atoms with Gasteiger partial charge in [0.05, 0.1) is 7.11 Å². The summed E-state index contributed by atoms with van der Waals surface area (Å²) in [6.07, 6.45) is 6.70. The topological polar surface area (TPSA) is 38.3 Å². The smallest absolute Gasteiger partial charge is 0.335 e. The number of methoxy groups -OCH3 is 1. The van der Waals surface area contributed by atoms with E-state index < -0.39 is 5.54 Å². The molecule has 108 valence electrons. The molecular formula is C18H19NO2. The van der Waals surface area contributed by atoms with Crippen LogP contribution in [0.2, 0.25) is 0 Å². The van der Waals surface area contributed by atoms with Gasteiger partial charge in [0.2, 0.25) is 0 Å². The number of carbonyl (C=O) groups excluding carboxylic acids is 1. The van der Waals surface area contributed by atoms with E-state index in [0.717, 1.165) is 23.1 Å². The molecule has 1 aromatic rings. The van der Waals surface area contributed by atoms with Gasteiger partial charge in [-0.25, -0.2) is 4.79 Å². The molecule has 2 unspecified atom stereocenters. The Morgan fingerprint density at radius 2 is 2.24 bits per heavy atom. The summed E-state index contributed by atoms with van der Waals surface area (Å²) in [5, 5.41) is 3.48. The van der Waals surface area contributed by atoms with Crippen LogP contribution in [-0.2, 0) is 21.5 Å². The number of allylic oxidation sites excluding steroid dienone is 1. The molecule has 0 saturated heterocycles. The van der Waals surface area contributed by atoms with Crippen molar-refractivity contribution < 1.29 is 9.53 Å². The van der Waals surface area contributed by atoms with E-state index in [4.69, 9.17) is 4.74 Å². The SMILES string of the molecule is C=CC1=C(/C=C\C)C2Cc3ccccc3C1(C(=O)OC)N2. The van der Waals surface area contributed by atoms with Crippen molar-refractivity contribution in [3.63, 3.8) is 0 Å². The molecule has 21 heavy (non-hydrogen) atoms. The largest absolute Gasteiger partial charge is 0.467 e. The summed E-state index contributed by atoms with van der Waals surface area (Å²) in [6.45, 7) is 5.91. The molecule has 1 aromatic carbocycles. The molecule has 3 nitrogen and oxygen atoms in total. The maximum atomic E-state index is 12.6. The van der Waals surface area contributed by atoms with Crippen LogP contribution < -0.4 is 5.32 Å². The summed E-state index contributed by atoms with van der Waals surface area (Å²) in [5.41, 5.74) is 3.26. The average Bonchev–Trinajstić information content (AvgIpc) is 2.77. The van der Waals surface area contributed by atoms with Gasteiger partial charge in [-0.3, -0.25) is 5.32 Å². The zero-order chi connectivity index (χ0) is 15.0. The molecule has 1 N–H and O–H groups in total. The number of fused-ring (bicyclic) bond motifs is 4. The highest BCUT2D eigenvalue weighted by Gasteiger charge is 2.54. The molecule has 2 aliphatic rings. The Morgan fingerprint density at radius 1 is 1.48 bits per heavy atom. The standard InChI is InChI=1S/C18H19NO2/c1-4-8-13-14(5-2)18(17(20)21-3)15-10-7-6-9-12(15)11-16(13)19-18/h4-10,16,19H,2,11H2,1,3H3/b8-4-. The van der Waals surface area contributed by atoms with E-state index >= 15 is 0 Å². The van der Waals surface area contributed by atoms with Gasteiger partial charge in [0, 0.05) is 6.04 Å². The Labute approximate surface area is 125 Å². The second-order valence-corrected chi connectivity index (χ2v) is 5.37. The van der Waals surface area contributed by atoms with Crippen molar-refractivity contribution in [1.82, 2.24) is 5.32 Å². The molecule has 3 heteroatoms. The van der Waals surface area contributed by atoms with Crippen LogP contribution in [0.1, 0.15) is 18.1 Å². The third kappa shape index (κ3) is 1.74. The van der Waals surface area contributed by atoms with Crippen LogP contribution >= 0.6 is 0 Å². The van der Waals surface area contributed by atoms with Crippen LogP contribution in [0.4, 0.5) is 0 Å². The molecule has 0 saturated carbocycles. The zero-order valence-corrected chi connectivity index (χ0v) is 12.3. The van der Waals surface area contributed by atoms with Gasteiger partial charge >= 0.3 is 5.97 Å². The number of hydrogen-bond acceptors (Lipinski definition) is 3. The van der Waals surface area contributed by atoms with Gasteiger partial charge in [-0.15, -0.1) is 0 Å². The summed E-state index contributed by atoms with van der Waals surface area (Å²) in [6, 6.07) is 8.16. The number of esters is 1. The van der Waals surface area contributed by atoms with Crippen molar-refractivity contribution in [3.05, 3.63) is 71.3 Å². The first-order valence-corrected chi connectivity index (χ1v) is 7.13. The molecular weight excluding hydrogens is 262 g/mol. The molecule has 2 aliphatic heterocycles. The lowest BCUT2D eigenvalue weighted by atomic mass is 9.79. The van der Waals surface area contributed by atoms with Gasteiger partial charge in [0.1, 0.15) is 0 Å². The van der Waals surface area contributed by atoms with Gasteiger partial charge in [-0.1, -0.05) is 49.1 Å². The van der Waals surface area contributed by atoms with Crippen LogP contribution in [0, 0.1) is 0 Å². The van der Waals surface area contributed by atoms with Gasteiger partial charge in [-0.2, -0.15) is 0 Å². The predicted molar refractivity (Wildman–Crippen MR) is 82.8 cm³/mol. The Kier molecular flexibility index (Phi) is 3.30. The van der Waals surface area contributed by atoms with Crippen LogP contribution in [0.25, 0.3) is 0 Å². The molecule has 2 bridgehead atoms. The summed E-state index contributed by atoms with van der Waals surface area (Å²) < 4.78 is 5.12. The Morgan fingerprint density at radius 3 is 2.90 bits per heavy atom. The minimum Gasteiger partial charge on any atom is -0.467 e. The second kappa shape index (κ2) is 5.01. The number of rotatable bonds is 3. The van der Waals surface area contributed by atoms with Crippen LogP contribution in [0.5, 0.6) is 0 Å². The van der Waals surface area contributed by atoms with Crippen LogP contribution in [0.15, 0.2) is 60.2 Å². The lowest BCUT2D eigenvalue weighted by Crippen LogP contribution is -2.54. The molecule has 0 aliphatic carbocycles. The molecule has 3 rings (SSSR count). The third-order valence-electron chi connectivity index (χ3n) is 4.37. The Balaban J connectivity index is 2.32. The first-order chi connectivity index (χ1) is 10.2. The first kappa shape index (κ1) is 13.8. The summed E-state index contributed by atoms with van der Waals surface area (Å²) >= 11 is 0. The van der Waals surface area contributed by atoms with Crippen molar-refractivity contribution in [2.45, 2.75) is 24.9 Å². The van der Waals surface area contributed by atoms with Crippen molar-refractivity contribution in [2.24, 2.45) is 0 Å². The lowest BCUT2D eigenvalue weighted by Gasteiger charge is -2.36. The van der Waals surface area contributed by atoms with E-state index in [2.05, 4.69) is 24.0 Å². The molecule has 0 fully saturated rings. The highest BCUT2D eigenvalue weighted by atomic mass is 16.5. The Hall–Kier alpha value is -2.13. The molecule has 2 heterocycles. The molecule has 0 spiro atoms. The van der Waals surface area contributed by atoms with Crippen LogP contribution in [-0.4, -0.2) is 19.1 Å². The van der Waals surface area contributed by atoms with Gasteiger partial charge in [0.15, 0.2) is 5.54 Å². The maximum Gasteiger partial charge on any atom is 0.335 e. The second-order valence-electron chi connectivity index (χ2n) is 5.37. The quantitative estimate of drug-likeness (QED) is 0.866. The summed E-state index contributed by atoms with van der Waals surface area (Å²) in [5.74, 6) is -0.283. The monoisotopic (exact) mass is 281 g/mol. The van der Waals surface area contributed by atoms with Gasteiger partial charge in [0.25, 0.3) is 0 Å². The van der Waals surface area contributed by atoms with Gasteiger partial charge < -0.3 is 4.74 Å². The van der Waals surface area contributed by atoms with Crippen molar-refractivity contribution in [2.75, 3.05) is 7.11 Å². The van der Waals surface area contributed by atoms with E-state index in [9.17, 15) is 4.79 Å². The highest BCUT2D eigenvalue weighted by molar-refractivity contribution is 5.91. The maximum absolute atomic E-state index is 12.6. The summed E-state index contributed by atoms with van der Waals surface area (Å²) in [4.78, 5) is 12.6. The fourth-order valence-electron chi connectivity index (χ4n) is 3.58.